The Morgan fingerprint density at radius 3 is 2.05 bits per heavy atom. The molecule has 0 atom stereocenters. The first kappa shape index (κ1) is 13.2. The highest BCUT2D eigenvalue weighted by Gasteiger charge is 2.21. The van der Waals surface area contributed by atoms with Gasteiger partial charge in [-0.15, -0.1) is 0 Å². The molecule has 0 saturated heterocycles. The van der Waals surface area contributed by atoms with Crippen molar-refractivity contribution >= 4 is 22.7 Å². The molecule has 1 aliphatic rings. The Morgan fingerprint density at radius 2 is 1.35 bits per heavy atom. The minimum absolute atomic E-state index is 0.837. The Balaban J connectivity index is 2.03. The Kier molecular flexibility index (Phi) is 3.50. The van der Waals surface area contributed by atoms with Crippen molar-refractivity contribution in [2.45, 2.75) is 20.3 Å². The molecule has 0 nitrogen and oxygen atoms in total. The van der Waals surface area contributed by atoms with E-state index in [-0.39, 0.29) is 0 Å². The average Bonchev–Trinajstić information content (AvgIpc) is 2.77. The summed E-state index contributed by atoms with van der Waals surface area (Å²) in [5, 5.41) is 0.837. The van der Waals surface area contributed by atoms with Gasteiger partial charge in [0, 0.05) is 5.02 Å². The zero-order valence-corrected chi connectivity index (χ0v) is 12.5. The van der Waals surface area contributed by atoms with E-state index < -0.39 is 0 Å². The van der Waals surface area contributed by atoms with E-state index in [0.717, 1.165) is 17.0 Å². The van der Waals surface area contributed by atoms with E-state index in [4.69, 9.17) is 11.6 Å². The maximum Gasteiger partial charge on any atom is 0.0481 e. The van der Waals surface area contributed by atoms with E-state index in [1.54, 1.807) is 0 Å². The summed E-state index contributed by atoms with van der Waals surface area (Å²) in [7, 11) is 0. The van der Waals surface area contributed by atoms with Crippen LogP contribution < -0.4 is 0 Å². The molecule has 3 rings (SSSR count). The summed E-state index contributed by atoms with van der Waals surface area (Å²) in [6, 6.07) is 18.7. The van der Waals surface area contributed by atoms with Crippen molar-refractivity contribution < 1.29 is 0 Å². The Morgan fingerprint density at radius 1 is 0.750 bits per heavy atom. The van der Waals surface area contributed by atoms with Gasteiger partial charge in [-0.3, -0.25) is 0 Å². The third kappa shape index (κ3) is 2.21. The second kappa shape index (κ2) is 5.30. The fourth-order valence-electron chi connectivity index (χ4n) is 2.86. The molecule has 2 aromatic carbocycles. The SMILES string of the molecule is CC1=C(c2ccccc2)CC(c2ccccc2Cl)=C1C. The zero-order chi connectivity index (χ0) is 14.1. The summed E-state index contributed by atoms with van der Waals surface area (Å²) in [4.78, 5) is 0. The first-order valence-electron chi connectivity index (χ1n) is 6.88. The lowest BCUT2D eigenvalue weighted by molar-refractivity contribution is 1.38. The number of hydrogen-bond acceptors (Lipinski definition) is 0. The molecule has 0 aliphatic heterocycles. The predicted octanol–water partition coefficient (Wildman–Crippen LogP) is 5.99. The highest BCUT2D eigenvalue weighted by molar-refractivity contribution is 6.32. The monoisotopic (exact) mass is 280 g/mol. The molecule has 0 radical (unpaired) electrons. The highest BCUT2D eigenvalue weighted by atomic mass is 35.5. The van der Waals surface area contributed by atoms with Crippen LogP contribution in [0.5, 0.6) is 0 Å². The second-order valence-corrected chi connectivity index (χ2v) is 5.64. The molecule has 0 saturated carbocycles. The van der Waals surface area contributed by atoms with Gasteiger partial charge in [-0.05, 0) is 59.8 Å². The van der Waals surface area contributed by atoms with Crippen LogP contribution >= 0.6 is 11.6 Å². The van der Waals surface area contributed by atoms with E-state index in [9.17, 15) is 0 Å². The van der Waals surface area contributed by atoms with E-state index >= 15 is 0 Å². The summed E-state index contributed by atoms with van der Waals surface area (Å²) >= 11 is 6.36. The van der Waals surface area contributed by atoms with Gasteiger partial charge in [-0.1, -0.05) is 60.1 Å². The van der Waals surface area contributed by atoms with Crippen molar-refractivity contribution in [2.24, 2.45) is 0 Å². The average molecular weight is 281 g/mol. The number of benzene rings is 2. The molecule has 0 unspecified atom stereocenters. The number of rotatable bonds is 2. The zero-order valence-electron chi connectivity index (χ0n) is 11.8. The molecule has 100 valence electrons. The molecular weight excluding hydrogens is 264 g/mol. The third-order valence-electron chi connectivity index (χ3n) is 4.14. The largest absolute Gasteiger partial charge is 0.0837 e. The van der Waals surface area contributed by atoms with Crippen molar-refractivity contribution in [1.82, 2.24) is 0 Å². The van der Waals surface area contributed by atoms with Crippen LogP contribution in [-0.2, 0) is 0 Å². The molecule has 0 N–H and O–H groups in total. The first-order chi connectivity index (χ1) is 9.68. The van der Waals surface area contributed by atoms with Crippen LogP contribution in [0.15, 0.2) is 65.7 Å². The Bertz CT molecular complexity index is 706. The van der Waals surface area contributed by atoms with Gasteiger partial charge in [0.05, 0.1) is 0 Å². The quantitative estimate of drug-likeness (QED) is 0.634. The lowest BCUT2D eigenvalue weighted by Crippen LogP contribution is -1.86. The molecule has 0 aromatic heterocycles. The highest BCUT2D eigenvalue weighted by Crippen LogP contribution is 2.43. The molecule has 2 aromatic rings. The molecule has 0 amide bonds. The number of hydrogen-bond donors (Lipinski definition) is 0. The number of allylic oxidation sites excluding steroid dienone is 4. The Labute approximate surface area is 125 Å². The van der Waals surface area contributed by atoms with Gasteiger partial charge < -0.3 is 0 Å². The normalized spacial score (nSPS) is 15.2. The van der Waals surface area contributed by atoms with E-state index in [1.165, 1.54) is 27.9 Å². The molecule has 0 bridgehead atoms. The van der Waals surface area contributed by atoms with Gasteiger partial charge in [0.15, 0.2) is 0 Å². The van der Waals surface area contributed by atoms with Crippen molar-refractivity contribution in [3.8, 4) is 0 Å². The van der Waals surface area contributed by atoms with Crippen LogP contribution in [0.4, 0.5) is 0 Å². The van der Waals surface area contributed by atoms with Crippen LogP contribution in [-0.4, -0.2) is 0 Å². The molecule has 20 heavy (non-hydrogen) atoms. The minimum atomic E-state index is 0.837. The van der Waals surface area contributed by atoms with E-state index in [1.807, 2.05) is 12.1 Å². The topological polar surface area (TPSA) is 0 Å². The molecule has 0 heterocycles. The van der Waals surface area contributed by atoms with Crippen molar-refractivity contribution in [3.05, 3.63) is 81.9 Å². The molecule has 0 fully saturated rings. The fraction of sp³-hybridized carbons (Fsp3) is 0.158. The van der Waals surface area contributed by atoms with E-state index in [2.05, 4.69) is 56.3 Å². The van der Waals surface area contributed by atoms with Crippen molar-refractivity contribution in [2.75, 3.05) is 0 Å². The summed E-state index contributed by atoms with van der Waals surface area (Å²) in [5.41, 5.74) is 7.98. The third-order valence-corrected chi connectivity index (χ3v) is 4.47. The molecule has 0 spiro atoms. The van der Waals surface area contributed by atoms with Gasteiger partial charge in [0.1, 0.15) is 0 Å². The van der Waals surface area contributed by atoms with Gasteiger partial charge in [0.2, 0.25) is 0 Å². The molecule has 1 heteroatoms. The lowest BCUT2D eigenvalue weighted by atomic mass is 9.98. The van der Waals surface area contributed by atoms with Gasteiger partial charge in [-0.25, -0.2) is 0 Å². The smallest absolute Gasteiger partial charge is 0.0481 e. The predicted molar refractivity (Wildman–Crippen MR) is 87.7 cm³/mol. The maximum absolute atomic E-state index is 6.36. The van der Waals surface area contributed by atoms with Gasteiger partial charge in [0.25, 0.3) is 0 Å². The van der Waals surface area contributed by atoms with Crippen molar-refractivity contribution in [3.63, 3.8) is 0 Å². The number of halogens is 1. The second-order valence-electron chi connectivity index (χ2n) is 5.23. The summed E-state index contributed by atoms with van der Waals surface area (Å²) in [6.07, 6.45) is 0.964. The first-order valence-corrected chi connectivity index (χ1v) is 7.26. The minimum Gasteiger partial charge on any atom is -0.0837 e. The molecular formula is C19H17Cl. The van der Waals surface area contributed by atoms with E-state index in [0.29, 0.717) is 0 Å². The van der Waals surface area contributed by atoms with Crippen molar-refractivity contribution in [1.29, 1.82) is 0 Å². The van der Waals surface area contributed by atoms with Crippen LogP contribution in [0.1, 0.15) is 31.4 Å². The fourth-order valence-corrected chi connectivity index (χ4v) is 3.11. The van der Waals surface area contributed by atoms with Crippen LogP contribution in [0.25, 0.3) is 11.1 Å². The van der Waals surface area contributed by atoms with Crippen LogP contribution in [0, 0.1) is 0 Å². The Hall–Kier alpha value is -1.79. The molecule has 1 aliphatic carbocycles. The lowest BCUT2D eigenvalue weighted by Gasteiger charge is -2.08. The van der Waals surface area contributed by atoms with Gasteiger partial charge in [-0.2, -0.15) is 0 Å². The summed E-state index contributed by atoms with van der Waals surface area (Å²) in [6.45, 7) is 4.41. The summed E-state index contributed by atoms with van der Waals surface area (Å²) in [5.74, 6) is 0. The van der Waals surface area contributed by atoms with Gasteiger partial charge >= 0.3 is 0 Å². The van der Waals surface area contributed by atoms with Crippen LogP contribution in [0.2, 0.25) is 5.02 Å². The summed E-state index contributed by atoms with van der Waals surface area (Å²) < 4.78 is 0. The van der Waals surface area contributed by atoms with Crippen LogP contribution in [0.3, 0.4) is 0 Å². The maximum atomic E-state index is 6.36. The standard InChI is InChI=1S/C19H17Cl/c1-13-14(2)18(16-10-6-7-11-19(16)20)12-17(13)15-8-4-3-5-9-15/h3-11H,12H2,1-2H3.